The van der Waals surface area contributed by atoms with Crippen LogP contribution in [0.3, 0.4) is 0 Å². The van der Waals surface area contributed by atoms with Crippen LogP contribution >= 0.6 is 0 Å². The van der Waals surface area contributed by atoms with Gasteiger partial charge in [0.2, 0.25) is 0 Å². The van der Waals surface area contributed by atoms with Gasteiger partial charge in [0.15, 0.2) is 23.6 Å². The average molecular weight is 866 g/mol. The third-order valence-corrected chi connectivity index (χ3v) is 14.5. The van der Waals surface area contributed by atoms with Gasteiger partial charge in [-0.25, -0.2) is 9.59 Å². The molecule has 12 atom stereocenters. The summed E-state index contributed by atoms with van der Waals surface area (Å²) in [5.41, 5.74) is -8.28. The number of aliphatic hydroxyl groups is 3. The Morgan fingerprint density at radius 2 is 1.40 bits per heavy atom. The fraction of sp³-hybridized carbons (Fsp3) is 0.458. The molecule has 1 aliphatic heterocycles. The lowest BCUT2D eigenvalue weighted by Crippen LogP contribution is -2.83. The molecule has 4 aliphatic carbocycles. The number of Topliss-reactive ketones (excluding diaryl/α,β-unsaturated/α-hetero) is 1. The monoisotopic (exact) mass is 865 g/mol. The van der Waals surface area contributed by atoms with Crippen molar-refractivity contribution in [2.45, 2.75) is 108 Å². The van der Waals surface area contributed by atoms with Crippen molar-refractivity contribution in [2.24, 2.45) is 22.7 Å². The SMILES string of the molecule is CC(=O)O[C@H]1C(=O)[C@@]2(C)C([C@H](OC(=O)c3ccccc3)[C@]3(O)C[C@H](OC(=O)[C@H](O)[C@@H](NC(=O)c4ccccc4)c4ccccc4)C(C)=C1C3(C)C)[C@]1(OC(C)=O)COC13CC3[C@@H]2O. The number of amides is 1. The zero-order chi connectivity index (χ0) is 45.4. The van der Waals surface area contributed by atoms with Gasteiger partial charge in [-0.2, -0.15) is 0 Å². The highest BCUT2D eigenvalue weighted by Gasteiger charge is 2.90. The van der Waals surface area contributed by atoms with Crippen LogP contribution in [0, 0.1) is 22.7 Å². The Bertz CT molecular complexity index is 2390. The molecule has 3 aromatic carbocycles. The molecule has 63 heavy (non-hydrogen) atoms. The Kier molecular flexibility index (Phi) is 10.8. The maximum Gasteiger partial charge on any atom is 0.338 e. The van der Waals surface area contributed by atoms with Crippen molar-refractivity contribution in [3.8, 4) is 0 Å². The molecule has 332 valence electrons. The van der Waals surface area contributed by atoms with Crippen molar-refractivity contribution in [3.63, 3.8) is 0 Å². The predicted octanol–water partition coefficient (Wildman–Crippen LogP) is 3.74. The van der Waals surface area contributed by atoms with Crippen molar-refractivity contribution in [1.29, 1.82) is 0 Å². The molecule has 15 nitrogen and oxygen atoms in total. The van der Waals surface area contributed by atoms with E-state index in [1.165, 1.54) is 32.9 Å². The highest BCUT2D eigenvalue weighted by molar-refractivity contribution is 5.96. The minimum Gasteiger partial charge on any atom is -0.456 e. The highest BCUT2D eigenvalue weighted by atomic mass is 16.7. The molecule has 1 spiro atoms. The zero-order valence-corrected chi connectivity index (χ0v) is 35.7. The number of fused-ring (bicyclic) bond motifs is 4. The maximum absolute atomic E-state index is 15.6. The average Bonchev–Trinajstić information content (AvgIpc) is 4.04. The molecule has 4 fully saturated rings. The third-order valence-electron chi connectivity index (χ3n) is 14.5. The molecule has 1 saturated heterocycles. The van der Waals surface area contributed by atoms with Crippen molar-refractivity contribution in [2.75, 3.05) is 6.61 Å². The summed E-state index contributed by atoms with van der Waals surface area (Å²) in [6.45, 7) is 8.09. The van der Waals surface area contributed by atoms with Crippen LogP contribution in [0.5, 0.6) is 0 Å². The molecule has 3 saturated carbocycles. The smallest absolute Gasteiger partial charge is 0.338 e. The lowest BCUT2D eigenvalue weighted by molar-refractivity contribution is -0.355. The number of carbonyl (C=O) groups excluding carboxylic acids is 6. The lowest BCUT2D eigenvalue weighted by Gasteiger charge is -2.67. The highest BCUT2D eigenvalue weighted by Crippen LogP contribution is 2.76. The van der Waals surface area contributed by atoms with Crippen LogP contribution in [-0.2, 0) is 42.9 Å². The van der Waals surface area contributed by atoms with E-state index in [2.05, 4.69) is 5.32 Å². The number of esters is 4. The first-order chi connectivity index (χ1) is 29.7. The Labute approximate surface area is 363 Å². The number of ether oxygens (including phenoxy) is 5. The van der Waals surface area contributed by atoms with E-state index in [1.54, 1.807) is 92.7 Å². The quantitative estimate of drug-likeness (QED) is 0.130. The molecule has 5 aliphatic rings. The Balaban J connectivity index is 1.28. The van der Waals surface area contributed by atoms with E-state index in [-0.39, 0.29) is 35.3 Å². The van der Waals surface area contributed by atoms with Crippen LogP contribution in [0.2, 0.25) is 0 Å². The minimum atomic E-state index is -2.39. The Morgan fingerprint density at radius 3 is 1.95 bits per heavy atom. The first-order valence-electron chi connectivity index (χ1n) is 21.0. The molecule has 2 bridgehead atoms. The number of rotatable bonds is 10. The van der Waals surface area contributed by atoms with E-state index in [4.69, 9.17) is 23.7 Å². The van der Waals surface area contributed by atoms with Crippen LogP contribution in [0.15, 0.2) is 102 Å². The molecule has 1 heterocycles. The molecule has 3 unspecified atom stereocenters. The van der Waals surface area contributed by atoms with E-state index in [1.807, 2.05) is 0 Å². The maximum atomic E-state index is 15.6. The second-order valence-corrected chi connectivity index (χ2v) is 18.2. The summed E-state index contributed by atoms with van der Waals surface area (Å²) < 4.78 is 30.8. The largest absolute Gasteiger partial charge is 0.456 e. The van der Waals surface area contributed by atoms with Gasteiger partial charge in [-0.05, 0) is 61.2 Å². The fourth-order valence-electron chi connectivity index (χ4n) is 11.2. The summed E-state index contributed by atoms with van der Waals surface area (Å²) in [7, 11) is 0. The van der Waals surface area contributed by atoms with E-state index in [0.717, 1.165) is 6.92 Å². The second-order valence-electron chi connectivity index (χ2n) is 18.2. The van der Waals surface area contributed by atoms with Gasteiger partial charge in [0.05, 0.1) is 35.6 Å². The van der Waals surface area contributed by atoms with Gasteiger partial charge in [0.25, 0.3) is 5.91 Å². The van der Waals surface area contributed by atoms with E-state index < -0.39 is 118 Å². The van der Waals surface area contributed by atoms with Gasteiger partial charge in [0, 0.05) is 37.2 Å². The van der Waals surface area contributed by atoms with Gasteiger partial charge in [-0.3, -0.25) is 19.2 Å². The number of ketones is 1. The number of carbonyl (C=O) groups is 6. The molecular formula is C48H51NO14. The lowest BCUT2D eigenvalue weighted by atomic mass is 9.44. The first kappa shape index (κ1) is 43.9. The summed E-state index contributed by atoms with van der Waals surface area (Å²) in [5, 5.41) is 40.7. The van der Waals surface area contributed by atoms with Crippen LogP contribution in [-0.4, -0.2) is 105 Å². The van der Waals surface area contributed by atoms with Crippen molar-refractivity contribution in [3.05, 3.63) is 119 Å². The van der Waals surface area contributed by atoms with Crippen molar-refractivity contribution in [1.82, 2.24) is 5.32 Å². The molecule has 3 aromatic rings. The summed E-state index contributed by atoms with van der Waals surface area (Å²) in [6, 6.07) is 23.0. The standard InChI is InChI=1S/C48H51NO14/c1-25-32(61-43(57)35(52)34(28-16-10-7-11-17-28)49-41(55)29-18-12-8-13-19-29)23-46(58)40(62-42(56)30-20-14-9-15-21-30)37-45(6,39(54)36(60-26(2)50)33(25)44(46,4)5)38(53)31-22-47(31)48(37,24-59-47)63-27(3)51/h7-21,31-32,34-38,40,52-53,58H,22-24H2,1-6H3,(H,49,55)/t31?,32-,34-,35+,36+,37?,38-,40-,45-,46+,47?,48+/m0/s1. The number of nitrogens with one attached hydrogen (secondary N) is 1. The van der Waals surface area contributed by atoms with E-state index in [9.17, 15) is 39.3 Å². The first-order valence-corrected chi connectivity index (χ1v) is 21.0. The zero-order valence-electron chi connectivity index (χ0n) is 35.7. The van der Waals surface area contributed by atoms with E-state index >= 15 is 4.79 Å². The second kappa shape index (κ2) is 15.5. The van der Waals surface area contributed by atoms with Gasteiger partial charge in [0.1, 0.15) is 23.4 Å². The van der Waals surface area contributed by atoms with Crippen LogP contribution in [0.1, 0.15) is 86.7 Å². The minimum absolute atomic E-state index is 0.00685. The number of benzene rings is 3. The summed E-state index contributed by atoms with van der Waals surface area (Å²) >= 11 is 0. The van der Waals surface area contributed by atoms with Crippen LogP contribution in [0.4, 0.5) is 0 Å². The molecule has 0 aromatic heterocycles. The molecule has 4 N–H and O–H groups in total. The number of aliphatic hydroxyl groups excluding tert-OH is 2. The number of hydrogen-bond donors (Lipinski definition) is 4. The van der Waals surface area contributed by atoms with Gasteiger partial charge < -0.3 is 44.3 Å². The molecule has 0 radical (unpaired) electrons. The summed E-state index contributed by atoms with van der Waals surface area (Å²) in [4.78, 5) is 84.0. The normalized spacial score (nSPS) is 34.4. The predicted molar refractivity (Wildman–Crippen MR) is 220 cm³/mol. The third kappa shape index (κ3) is 6.61. The van der Waals surface area contributed by atoms with Crippen molar-refractivity contribution >= 4 is 35.6 Å². The van der Waals surface area contributed by atoms with Gasteiger partial charge in [-0.15, -0.1) is 0 Å². The Morgan fingerprint density at radius 1 is 0.810 bits per heavy atom. The molecule has 8 rings (SSSR count). The molecular weight excluding hydrogens is 815 g/mol. The fourth-order valence-corrected chi connectivity index (χ4v) is 11.2. The summed E-state index contributed by atoms with van der Waals surface area (Å²) in [6.07, 6.45) is -9.08. The van der Waals surface area contributed by atoms with Gasteiger partial charge in [-0.1, -0.05) is 80.6 Å². The Hall–Kier alpha value is -5.74. The van der Waals surface area contributed by atoms with Crippen molar-refractivity contribution < 1.29 is 67.8 Å². The van der Waals surface area contributed by atoms with Gasteiger partial charge >= 0.3 is 23.9 Å². The van der Waals surface area contributed by atoms with Crippen LogP contribution in [0.25, 0.3) is 0 Å². The molecule has 15 heteroatoms. The summed E-state index contributed by atoms with van der Waals surface area (Å²) in [5.74, 6) is -7.50. The topological polar surface area (TPSA) is 221 Å². The van der Waals surface area contributed by atoms with Crippen LogP contribution < -0.4 is 5.32 Å². The molecule has 1 amide bonds. The number of hydrogen-bond acceptors (Lipinski definition) is 14. The van der Waals surface area contributed by atoms with E-state index in [0.29, 0.717) is 5.56 Å².